The lowest BCUT2D eigenvalue weighted by Gasteiger charge is -2.09. The van der Waals surface area contributed by atoms with E-state index in [1.807, 2.05) is 24.3 Å². The van der Waals surface area contributed by atoms with Crippen LogP contribution in [0.2, 0.25) is 10.0 Å². The lowest BCUT2D eigenvalue weighted by atomic mass is 10.2. The molecule has 0 fully saturated rings. The summed E-state index contributed by atoms with van der Waals surface area (Å²) in [6, 6.07) is 9.30. The van der Waals surface area contributed by atoms with E-state index in [0.717, 1.165) is 27.2 Å². The van der Waals surface area contributed by atoms with Gasteiger partial charge in [0.2, 0.25) is 6.79 Å². The van der Waals surface area contributed by atoms with Crippen molar-refractivity contribution in [2.24, 2.45) is 0 Å². The molecule has 104 valence electrons. The molecule has 1 heterocycles. The van der Waals surface area contributed by atoms with Crippen LogP contribution in [0.4, 0.5) is 5.69 Å². The first kappa shape index (κ1) is 13.9. The van der Waals surface area contributed by atoms with Crippen molar-refractivity contribution in [2.45, 2.75) is 6.54 Å². The smallest absolute Gasteiger partial charge is 0.231 e. The minimum atomic E-state index is 0.259. The van der Waals surface area contributed by atoms with Gasteiger partial charge in [-0.3, -0.25) is 0 Å². The largest absolute Gasteiger partial charge is 0.454 e. The van der Waals surface area contributed by atoms with Crippen molar-refractivity contribution in [1.29, 1.82) is 0 Å². The average molecular weight is 375 g/mol. The molecular formula is C14H10BrCl2NO2. The van der Waals surface area contributed by atoms with Crippen LogP contribution in [0.25, 0.3) is 0 Å². The average Bonchev–Trinajstić information content (AvgIpc) is 2.84. The molecule has 1 N–H and O–H groups in total. The van der Waals surface area contributed by atoms with Gasteiger partial charge in [0.15, 0.2) is 11.5 Å². The molecule has 2 aromatic rings. The van der Waals surface area contributed by atoms with Crippen LogP contribution >= 0.6 is 39.1 Å². The standard InChI is InChI=1S/C14H10BrCl2NO2/c15-12-1-8(2-13-14(12)20-7-19-13)6-18-11-4-9(16)3-10(17)5-11/h1-5,18H,6-7H2. The highest BCUT2D eigenvalue weighted by molar-refractivity contribution is 9.10. The Morgan fingerprint density at radius 1 is 1.05 bits per heavy atom. The summed E-state index contributed by atoms with van der Waals surface area (Å²) in [7, 11) is 0. The van der Waals surface area contributed by atoms with Gasteiger partial charge < -0.3 is 14.8 Å². The Morgan fingerprint density at radius 2 is 1.80 bits per heavy atom. The van der Waals surface area contributed by atoms with Crippen molar-refractivity contribution in [2.75, 3.05) is 12.1 Å². The highest BCUT2D eigenvalue weighted by atomic mass is 79.9. The molecule has 0 aliphatic carbocycles. The van der Waals surface area contributed by atoms with Crippen LogP contribution < -0.4 is 14.8 Å². The Hall–Kier alpha value is -1.10. The second kappa shape index (κ2) is 5.72. The van der Waals surface area contributed by atoms with Crippen LogP contribution in [-0.4, -0.2) is 6.79 Å². The van der Waals surface area contributed by atoms with Crippen LogP contribution in [0.15, 0.2) is 34.8 Å². The minimum Gasteiger partial charge on any atom is -0.454 e. The van der Waals surface area contributed by atoms with Crippen molar-refractivity contribution in [3.05, 3.63) is 50.4 Å². The first-order valence-corrected chi connectivity index (χ1v) is 7.45. The normalized spacial score (nSPS) is 12.6. The zero-order valence-corrected chi connectivity index (χ0v) is 13.3. The lowest BCUT2D eigenvalue weighted by molar-refractivity contribution is 0.173. The summed E-state index contributed by atoms with van der Waals surface area (Å²) in [5.41, 5.74) is 1.94. The van der Waals surface area contributed by atoms with Gasteiger partial charge >= 0.3 is 0 Å². The molecule has 0 radical (unpaired) electrons. The van der Waals surface area contributed by atoms with Crippen LogP contribution in [0.1, 0.15) is 5.56 Å². The predicted octanol–water partition coefficient (Wildman–Crippen LogP) is 5.10. The molecule has 0 unspecified atom stereocenters. The third-order valence-corrected chi connectivity index (χ3v) is 3.87. The number of benzene rings is 2. The van der Waals surface area contributed by atoms with Gasteiger partial charge in [-0.2, -0.15) is 0 Å². The Balaban J connectivity index is 1.77. The molecular weight excluding hydrogens is 365 g/mol. The molecule has 3 nitrogen and oxygen atoms in total. The van der Waals surface area contributed by atoms with Crippen LogP contribution in [0.5, 0.6) is 11.5 Å². The molecule has 0 spiro atoms. The fourth-order valence-electron chi connectivity index (χ4n) is 1.98. The van der Waals surface area contributed by atoms with Gasteiger partial charge in [-0.15, -0.1) is 0 Å². The number of hydrogen-bond acceptors (Lipinski definition) is 3. The number of nitrogens with one attached hydrogen (secondary N) is 1. The van der Waals surface area contributed by atoms with E-state index in [9.17, 15) is 0 Å². The van der Waals surface area contributed by atoms with Gasteiger partial charge in [0.05, 0.1) is 4.47 Å². The molecule has 1 aliphatic heterocycles. The summed E-state index contributed by atoms with van der Waals surface area (Å²) in [5.74, 6) is 1.50. The van der Waals surface area contributed by atoms with E-state index in [2.05, 4.69) is 21.2 Å². The monoisotopic (exact) mass is 373 g/mol. The van der Waals surface area contributed by atoms with Crippen molar-refractivity contribution >= 4 is 44.8 Å². The van der Waals surface area contributed by atoms with E-state index in [1.165, 1.54) is 0 Å². The van der Waals surface area contributed by atoms with E-state index >= 15 is 0 Å². The number of rotatable bonds is 3. The summed E-state index contributed by atoms with van der Waals surface area (Å²) < 4.78 is 11.6. The first-order chi connectivity index (χ1) is 9.61. The number of halogens is 3. The summed E-state index contributed by atoms with van der Waals surface area (Å²) in [5, 5.41) is 4.48. The molecule has 1 aliphatic rings. The Bertz CT molecular complexity index is 644. The maximum atomic E-state index is 5.97. The summed E-state index contributed by atoms with van der Waals surface area (Å²) in [6.07, 6.45) is 0. The summed E-state index contributed by atoms with van der Waals surface area (Å²) in [4.78, 5) is 0. The van der Waals surface area contributed by atoms with Crippen molar-refractivity contribution in [3.63, 3.8) is 0 Å². The van der Waals surface area contributed by atoms with E-state index < -0.39 is 0 Å². The molecule has 0 saturated heterocycles. The fraction of sp³-hybridized carbons (Fsp3) is 0.143. The number of hydrogen-bond donors (Lipinski definition) is 1. The quantitative estimate of drug-likeness (QED) is 0.810. The number of ether oxygens (including phenoxy) is 2. The fourth-order valence-corrected chi connectivity index (χ4v) is 3.11. The van der Waals surface area contributed by atoms with E-state index in [1.54, 1.807) is 6.07 Å². The maximum absolute atomic E-state index is 5.97. The second-order valence-electron chi connectivity index (χ2n) is 4.32. The van der Waals surface area contributed by atoms with E-state index in [0.29, 0.717) is 16.6 Å². The molecule has 0 bridgehead atoms. The predicted molar refractivity (Wildman–Crippen MR) is 84.1 cm³/mol. The van der Waals surface area contributed by atoms with Gasteiger partial charge in [-0.05, 0) is 51.8 Å². The number of fused-ring (bicyclic) bond motifs is 1. The van der Waals surface area contributed by atoms with E-state index in [4.69, 9.17) is 32.7 Å². The van der Waals surface area contributed by atoms with E-state index in [-0.39, 0.29) is 6.79 Å². The molecule has 6 heteroatoms. The number of anilines is 1. The Labute approximate surface area is 134 Å². The SMILES string of the molecule is Clc1cc(Cl)cc(NCc2cc(Br)c3c(c2)OCO3)c1. The lowest BCUT2D eigenvalue weighted by Crippen LogP contribution is -1.99. The van der Waals surface area contributed by atoms with Crippen LogP contribution in [-0.2, 0) is 6.54 Å². The highest BCUT2D eigenvalue weighted by Crippen LogP contribution is 2.40. The van der Waals surface area contributed by atoms with Gasteiger partial charge in [-0.25, -0.2) is 0 Å². The maximum Gasteiger partial charge on any atom is 0.231 e. The van der Waals surface area contributed by atoms with Crippen LogP contribution in [0.3, 0.4) is 0 Å². The Morgan fingerprint density at radius 3 is 2.55 bits per heavy atom. The van der Waals surface area contributed by atoms with Crippen molar-refractivity contribution in [3.8, 4) is 11.5 Å². The first-order valence-electron chi connectivity index (χ1n) is 5.90. The highest BCUT2D eigenvalue weighted by Gasteiger charge is 2.17. The molecule has 3 rings (SSSR count). The van der Waals surface area contributed by atoms with Gasteiger partial charge in [0, 0.05) is 22.3 Å². The molecule has 2 aromatic carbocycles. The molecule has 0 amide bonds. The summed E-state index contributed by atoms with van der Waals surface area (Å²) >= 11 is 15.4. The van der Waals surface area contributed by atoms with Gasteiger partial charge in [0.25, 0.3) is 0 Å². The van der Waals surface area contributed by atoms with Gasteiger partial charge in [0.1, 0.15) is 0 Å². The van der Waals surface area contributed by atoms with Crippen LogP contribution in [0, 0.1) is 0 Å². The molecule has 0 atom stereocenters. The summed E-state index contributed by atoms with van der Waals surface area (Å²) in [6.45, 7) is 0.890. The van der Waals surface area contributed by atoms with Crippen molar-refractivity contribution in [1.82, 2.24) is 0 Å². The molecule has 0 aromatic heterocycles. The Kier molecular flexibility index (Phi) is 3.96. The molecule has 0 saturated carbocycles. The van der Waals surface area contributed by atoms with Gasteiger partial charge in [-0.1, -0.05) is 23.2 Å². The zero-order valence-electron chi connectivity index (χ0n) is 10.3. The minimum absolute atomic E-state index is 0.259. The second-order valence-corrected chi connectivity index (χ2v) is 6.05. The zero-order chi connectivity index (χ0) is 14.1. The van der Waals surface area contributed by atoms with Crippen molar-refractivity contribution < 1.29 is 9.47 Å². The molecule has 20 heavy (non-hydrogen) atoms. The third kappa shape index (κ3) is 2.97. The third-order valence-electron chi connectivity index (χ3n) is 2.85. The topological polar surface area (TPSA) is 30.5 Å².